The maximum Gasteiger partial charge on any atom is 0.219 e. The third-order valence-electron chi connectivity index (χ3n) is 6.72. The zero-order valence-corrected chi connectivity index (χ0v) is 19.6. The number of pyridine rings is 1. The highest BCUT2D eigenvalue weighted by atomic mass is 16.5. The van der Waals surface area contributed by atoms with Gasteiger partial charge < -0.3 is 24.3 Å². The fourth-order valence-corrected chi connectivity index (χ4v) is 4.96. The summed E-state index contributed by atoms with van der Waals surface area (Å²) in [6, 6.07) is 17.8. The average molecular weight is 470 g/mol. The number of anilines is 1. The molecule has 0 spiro atoms. The summed E-state index contributed by atoms with van der Waals surface area (Å²) in [5.41, 5.74) is 4.56. The van der Waals surface area contributed by atoms with Crippen molar-refractivity contribution in [2.45, 2.75) is 25.8 Å². The number of aromatic nitrogens is 3. The van der Waals surface area contributed by atoms with Crippen molar-refractivity contribution in [3.05, 3.63) is 66.4 Å². The standard InChI is InChI=1S/C27H27N5O3/c1-18(33)32-12-4-6-25(32)21-15-23-24(30-27(29-23)22-5-2-3-11-28-22)16-26(21)35-20-9-7-19(8-10-20)31-13-14-34-17-31/h2-3,5,7-11,15-16,25H,4,6,12-14,17H2,1H3,(H,29,30). The zero-order chi connectivity index (χ0) is 23.8. The predicted molar refractivity (Wildman–Crippen MR) is 133 cm³/mol. The lowest BCUT2D eigenvalue weighted by atomic mass is 10.0. The molecule has 2 aromatic heterocycles. The highest BCUT2D eigenvalue weighted by Crippen LogP contribution is 2.41. The molecule has 8 nitrogen and oxygen atoms in total. The second-order valence-electron chi connectivity index (χ2n) is 8.97. The van der Waals surface area contributed by atoms with Crippen molar-refractivity contribution in [2.24, 2.45) is 0 Å². The minimum absolute atomic E-state index is 0.0328. The minimum Gasteiger partial charge on any atom is -0.457 e. The van der Waals surface area contributed by atoms with Gasteiger partial charge >= 0.3 is 0 Å². The van der Waals surface area contributed by atoms with Crippen LogP contribution in [0.15, 0.2) is 60.8 Å². The Bertz CT molecular complexity index is 1350. The molecule has 1 amide bonds. The number of likely N-dealkylation sites (tertiary alicyclic amines) is 1. The Labute approximate surface area is 203 Å². The number of rotatable bonds is 5. The van der Waals surface area contributed by atoms with Gasteiger partial charge in [0.1, 0.15) is 23.9 Å². The molecular weight excluding hydrogens is 442 g/mol. The molecule has 8 heteroatoms. The van der Waals surface area contributed by atoms with Crippen LogP contribution in [-0.2, 0) is 9.53 Å². The van der Waals surface area contributed by atoms with E-state index < -0.39 is 0 Å². The first kappa shape index (κ1) is 21.6. The SMILES string of the molecule is CC(=O)N1CCCC1c1cc2[nH]c(-c3ccccn3)nc2cc1Oc1ccc(N2CCOC2)cc1. The van der Waals surface area contributed by atoms with Gasteiger partial charge in [0.05, 0.1) is 23.7 Å². The van der Waals surface area contributed by atoms with E-state index in [9.17, 15) is 4.79 Å². The van der Waals surface area contributed by atoms with Gasteiger partial charge in [0, 0.05) is 43.5 Å². The van der Waals surface area contributed by atoms with E-state index >= 15 is 0 Å². The van der Waals surface area contributed by atoms with Gasteiger partial charge in [-0.1, -0.05) is 6.07 Å². The summed E-state index contributed by atoms with van der Waals surface area (Å²) in [4.78, 5) is 29.1. The molecule has 1 atom stereocenters. The third kappa shape index (κ3) is 4.21. The van der Waals surface area contributed by atoms with Gasteiger partial charge in [0.25, 0.3) is 0 Å². The number of nitrogens with zero attached hydrogens (tertiary/aromatic N) is 4. The number of nitrogens with one attached hydrogen (secondary N) is 1. The van der Waals surface area contributed by atoms with E-state index in [0.29, 0.717) is 18.3 Å². The molecule has 6 rings (SSSR count). The van der Waals surface area contributed by atoms with Crippen LogP contribution in [0, 0.1) is 0 Å². The summed E-state index contributed by atoms with van der Waals surface area (Å²) in [7, 11) is 0. The monoisotopic (exact) mass is 469 g/mol. The molecule has 0 aliphatic carbocycles. The van der Waals surface area contributed by atoms with Crippen LogP contribution in [-0.4, -0.2) is 52.2 Å². The van der Waals surface area contributed by atoms with Crippen LogP contribution in [0.4, 0.5) is 5.69 Å². The molecule has 1 N–H and O–H groups in total. The lowest BCUT2D eigenvalue weighted by Crippen LogP contribution is -2.28. The Morgan fingerprint density at radius 2 is 2.03 bits per heavy atom. The second kappa shape index (κ2) is 9.03. The van der Waals surface area contributed by atoms with Crippen LogP contribution in [0.5, 0.6) is 11.5 Å². The van der Waals surface area contributed by atoms with Crippen LogP contribution in [0.25, 0.3) is 22.6 Å². The number of hydrogen-bond acceptors (Lipinski definition) is 6. The second-order valence-corrected chi connectivity index (χ2v) is 8.97. The zero-order valence-electron chi connectivity index (χ0n) is 19.6. The molecule has 0 radical (unpaired) electrons. The summed E-state index contributed by atoms with van der Waals surface area (Å²) in [6.07, 6.45) is 3.62. The lowest BCUT2D eigenvalue weighted by Gasteiger charge is -2.25. The van der Waals surface area contributed by atoms with E-state index in [-0.39, 0.29) is 11.9 Å². The molecule has 4 aromatic rings. The van der Waals surface area contributed by atoms with Gasteiger partial charge in [-0.15, -0.1) is 0 Å². The Hall–Kier alpha value is -3.91. The first-order valence-corrected chi connectivity index (χ1v) is 12.0. The van der Waals surface area contributed by atoms with Crippen LogP contribution in [0.1, 0.15) is 31.4 Å². The maximum atomic E-state index is 12.4. The maximum absolute atomic E-state index is 12.4. The predicted octanol–water partition coefficient (Wildman–Crippen LogP) is 4.89. The number of ether oxygens (including phenoxy) is 2. The van der Waals surface area contributed by atoms with Crippen molar-refractivity contribution in [1.82, 2.24) is 19.9 Å². The Morgan fingerprint density at radius 1 is 1.14 bits per heavy atom. The van der Waals surface area contributed by atoms with Gasteiger partial charge in [-0.3, -0.25) is 9.78 Å². The van der Waals surface area contributed by atoms with Gasteiger partial charge in [-0.05, 0) is 55.3 Å². The average Bonchev–Trinajstić information content (AvgIpc) is 3.65. The van der Waals surface area contributed by atoms with Crippen LogP contribution in [0.2, 0.25) is 0 Å². The molecule has 4 heterocycles. The number of benzene rings is 2. The van der Waals surface area contributed by atoms with Crippen molar-refractivity contribution in [3.63, 3.8) is 0 Å². The lowest BCUT2D eigenvalue weighted by molar-refractivity contribution is -0.129. The Balaban J connectivity index is 1.39. The number of aromatic amines is 1. The number of imidazole rings is 1. The quantitative estimate of drug-likeness (QED) is 0.448. The fraction of sp³-hybridized carbons (Fsp3) is 0.296. The van der Waals surface area contributed by atoms with E-state index in [1.165, 1.54) is 0 Å². The van der Waals surface area contributed by atoms with Gasteiger partial charge in [-0.25, -0.2) is 4.98 Å². The first-order valence-electron chi connectivity index (χ1n) is 12.0. The summed E-state index contributed by atoms with van der Waals surface area (Å²) < 4.78 is 11.9. The molecule has 35 heavy (non-hydrogen) atoms. The summed E-state index contributed by atoms with van der Waals surface area (Å²) >= 11 is 0. The highest BCUT2D eigenvalue weighted by Gasteiger charge is 2.31. The Kier molecular flexibility index (Phi) is 5.58. The molecule has 2 aromatic carbocycles. The first-order chi connectivity index (χ1) is 17.2. The van der Waals surface area contributed by atoms with Crippen LogP contribution >= 0.6 is 0 Å². The number of carbonyl (C=O) groups is 1. The highest BCUT2D eigenvalue weighted by molar-refractivity contribution is 5.82. The van der Waals surface area contributed by atoms with Crippen molar-refractivity contribution in [1.29, 1.82) is 0 Å². The topological polar surface area (TPSA) is 83.6 Å². The molecule has 0 bridgehead atoms. The minimum atomic E-state index is -0.0328. The van der Waals surface area contributed by atoms with Crippen molar-refractivity contribution in [2.75, 3.05) is 31.3 Å². The number of hydrogen-bond donors (Lipinski definition) is 1. The smallest absolute Gasteiger partial charge is 0.219 e. The van der Waals surface area contributed by atoms with Crippen molar-refractivity contribution in [3.8, 4) is 23.0 Å². The van der Waals surface area contributed by atoms with Gasteiger partial charge in [0.15, 0.2) is 5.82 Å². The largest absolute Gasteiger partial charge is 0.457 e. The van der Waals surface area contributed by atoms with Crippen molar-refractivity contribution < 1.29 is 14.3 Å². The molecule has 2 fully saturated rings. The van der Waals surface area contributed by atoms with Crippen LogP contribution in [0.3, 0.4) is 0 Å². The molecule has 2 aliphatic rings. The van der Waals surface area contributed by atoms with Crippen molar-refractivity contribution >= 4 is 22.6 Å². The molecule has 2 aliphatic heterocycles. The van der Waals surface area contributed by atoms with E-state index in [1.807, 2.05) is 53.4 Å². The number of fused-ring (bicyclic) bond motifs is 1. The molecule has 0 saturated carbocycles. The Morgan fingerprint density at radius 3 is 2.77 bits per heavy atom. The molecular formula is C27H27N5O3. The summed E-state index contributed by atoms with van der Waals surface area (Å²) in [5.74, 6) is 2.24. The van der Waals surface area contributed by atoms with E-state index in [0.717, 1.165) is 66.3 Å². The van der Waals surface area contributed by atoms with Crippen LogP contribution < -0.4 is 9.64 Å². The molecule has 2 saturated heterocycles. The summed E-state index contributed by atoms with van der Waals surface area (Å²) in [6.45, 7) is 4.64. The fourth-order valence-electron chi connectivity index (χ4n) is 4.96. The van der Waals surface area contributed by atoms with E-state index in [4.69, 9.17) is 14.5 Å². The molecule has 1 unspecified atom stereocenters. The van der Waals surface area contributed by atoms with E-state index in [2.05, 4.69) is 20.9 Å². The number of amides is 1. The number of H-pyrrole nitrogens is 1. The van der Waals surface area contributed by atoms with Gasteiger partial charge in [-0.2, -0.15) is 0 Å². The molecule has 178 valence electrons. The normalized spacial score (nSPS) is 17.9. The number of carbonyl (C=O) groups excluding carboxylic acids is 1. The summed E-state index contributed by atoms with van der Waals surface area (Å²) in [5, 5.41) is 0. The van der Waals surface area contributed by atoms with E-state index in [1.54, 1.807) is 13.1 Å². The van der Waals surface area contributed by atoms with Gasteiger partial charge in [0.2, 0.25) is 5.91 Å². The third-order valence-corrected chi connectivity index (χ3v) is 6.72.